The first-order valence-electron chi connectivity index (χ1n) is 6.29. The zero-order chi connectivity index (χ0) is 12.1. The van der Waals surface area contributed by atoms with E-state index in [0.29, 0.717) is 0 Å². The molecule has 94 valence electrons. The van der Waals surface area contributed by atoms with Crippen LogP contribution in [0.1, 0.15) is 32.6 Å². The van der Waals surface area contributed by atoms with Crippen LogP contribution in [-0.4, -0.2) is 23.1 Å². The zero-order valence-electron chi connectivity index (χ0n) is 10.2. The molecule has 1 saturated carbocycles. The number of rotatable bonds is 7. The van der Waals surface area contributed by atoms with Crippen LogP contribution in [0.15, 0.2) is 10.8 Å². The molecular weight excluding hydrogens is 280 g/mol. The van der Waals surface area contributed by atoms with Crippen molar-refractivity contribution in [3.63, 3.8) is 0 Å². The first kappa shape index (κ1) is 12.6. The molecule has 0 amide bonds. The third kappa shape index (κ3) is 3.84. The fraction of sp³-hybridized carbons (Fsp3) is 0.667. The zero-order valence-corrected chi connectivity index (χ0v) is 11.8. The van der Waals surface area contributed by atoms with Gasteiger partial charge in [-0.05, 0) is 41.6 Å². The summed E-state index contributed by atoms with van der Waals surface area (Å²) in [6.07, 6.45) is 7.02. The van der Waals surface area contributed by atoms with E-state index >= 15 is 0 Å². The van der Waals surface area contributed by atoms with Gasteiger partial charge in [0.15, 0.2) is 0 Å². The van der Waals surface area contributed by atoms with Gasteiger partial charge in [0.1, 0.15) is 22.4 Å². The average molecular weight is 299 g/mol. The van der Waals surface area contributed by atoms with Crippen molar-refractivity contribution in [2.75, 3.05) is 23.7 Å². The summed E-state index contributed by atoms with van der Waals surface area (Å²) >= 11 is 3.53. The third-order valence-electron chi connectivity index (χ3n) is 2.91. The third-order valence-corrected chi connectivity index (χ3v) is 3.66. The van der Waals surface area contributed by atoms with Gasteiger partial charge >= 0.3 is 0 Å². The Labute approximate surface area is 111 Å². The standard InChI is InChI=1S/C12H19BrN4/c1-2-14-11-10(13)12(17-8-16-11)15-7-3-4-9-5-6-9/h8-9H,2-7H2,1H3,(H2,14,15,16,17). The van der Waals surface area contributed by atoms with Crippen LogP contribution in [0.3, 0.4) is 0 Å². The lowest BCUT2D eigenvalue weighted by Crippen LogP contribution is -2.07. The van der Waals surface area contributed by atoms with E-state index in [1.165, 1.54) is 25.7 Å². The largest absolute Gasteiger partial charge is 0.369 e. The molecule has 0 unspecified atom stereocenters. The molecule has 1 aliphatic carbocycles. The molecule has 5 heteroatoms. The second kappa shape index (κ2) is 6.19. The molecule has 4 nitrogen and oxygen atoms in total. The Morgan fingerprint density at radius 1 is 1.29 bits per heavy atom. The van der Waals surface area contributed by atoms with Gasteiger partial charge in [-0.1, -0.05) is 12.8 Å². The van der Waals surface area contributed by atoms with E-state index in [1.807, 2.05) is 0 Å². The van der Waals surface area contributed by atoms with Gasteiger partial charge < -0.3 is 10.6 Å². The highest BCUT2D eigenvalue weighted by molar-refractivity contribution is 9.10. The number of halogens is 1. The quantitative estimate of drug-likeness (QED) is 0.759. The van der Waals surface area contributed by atoms with Gasteiger partial charge in [0, 0.05) is 13.1 Å². The van der Waals surface area contributed by atoms with Crippen molar-refractivity contribution in [1.29, 1.82) is 0 Å². The summed E-state index contributed by atoms with van der Waals surface area (Å²) in [4.78, 5) is 8.43. The van der Waals surface area contributed by atoms with Gasteiger partial charge in [0.05, 0.1) is 0 Å². The van der Waals surface area contributed by atoms with Gasteiger partial charge in [-0.2, -0.15) is 0 Å². The van der Waals surface area contributed by atoms with Crippen molar-refractivity contribution in [2.24, 2.45) is 5.92 Å². The second-order valence-electron chi connectivity index (χ2n) is 4.43. The number of hydrogen-bond acceptors (Lipinski definition) is 4. The molecule has 0 atom stereocenters. The predicted octanol–water partition coefficient (Wildman–Crippen LogP) is 3.27. The fourth-order valence-electron chi connectivity index (χ4n) is 1.79. The van der Waals surface area contributed by atoms with Crippen molar-refractivity contribution >= 4 is 27.6 Å². The summed E-state index contributed by atoms with van der Waals surface area (Å²) in [6, 6.07) is 0. The van der Waals surface area contributed by atoms with Gasteiger partial charge in [-0.25, -0.2) is 9.97 Å². The topological polar surface area (TPSA) is 49.8 Å². The van der Waals surface area contributed by atoms with Crippen LogP contribution in [0.4, 0.5) is 11.6 Å². The van der Waals surface area contributed by atoms with Crippen molar-refractivity contribution in [2.45, 2.75) is 32.6 Å². The van der Waals surface area contributed by atoms with Crippen LogP contribution in [-0.2, 0) is 0 Å². The predicted molar refractivity (Wildman–Crippen MR) is 74.3 cm³/mol. The molecule has 0 aliphatic heterocycles. The molecule has 0 radical (unpaired) electrons. The molecule has 1 fully saturated rings. The first-order valence-corrected chi connectivity index (χ1v) is 7.08. The fourth-order valence-corrected chi connectivity index (χ4v) is 2.27. The molecule has 2 N–H and O–H groups in total. The number of nitrogens with zero attached hydrogens (tertiary/aromatic N) is 2. The van der Waals surface area contributed by atoms with E-state index < -0.39 is 0 Å². The molecule has 17 heavy (non-hydrogen) atoms. The average Bonchev–Trinajstić information content (AvgIpc) is 3.13. The Morgan fingerprint density at radius 2 is 2.00 bits per heavy atom. The summed E-state index contributed by atoms with van der Waals surface area (Å²) < 4.78 is 0.924. The Bertz CT molecular complexity index is 366. The van der Waals surface area contributed by atoms with Crippen LogP contribution in [0, 0.1) is 5.92 Å². The van der Waals surface area contributed by atoms with Gasteiger partial charge in [-0.3, -0.25) is 0 Å². The number of aromatic nitrogens is 2. The summed E-state index contributed by atoms with van der Waals surface area (Å²) in [5.41, 5.74) is 0. The Hall–Kier alpha value is -0.840. The van der Waals surface area contributed by atoms with Crippen molar-refractivity contribution < 1.29 is 0 Å². The maximum absolute atomic E-state index is 4.24. The molecule has 0 spiro atoms. The van der Waals surface area contributed by atoms with Crippen LogP contribution < -0.4 is 10.6 Å². The smallest absolute Gasteiger partial charge is 0.145 e. The molecule has 0 saturated heterocycles. The molecule has 1 aliphatic rings. The van der Waals surface area contributed by atoms with E-state index in [0.717, 1.165) is 35.1 Å². The highest BCUT2D eigenvalue weighted by atomic mass is 79.9. The van der Waals surface area contributed by atoms with Crippen LogP contribution in [0.5, 0.6) is 0 Å². The number of hydrogen-bond donors (Lipinski definition) is 2. The number of anilines is 2. The van der Waals surface area contributed by atoms with Gasteiger partial charge in [0.2, 0.25) is 0 Å². The molecule has 1 heterocycles. The summed E-state index contributed by atoms with van der Waals surface area (Å²) in [5, 5.41) is 6.55. The summed E-state index contributed by atoms with van der Waals surface area (Å²) in [5.74, 6) is 2.74. The molecule has 1 aromatic rings. The molecule has 0 bridgehead atoms. The lowest BCUT2D eigenvalue weighted by atomic mass is 10.2. The minimum Gasteiger partial charge on any atom is -0.369 e. The maximum Gasteiger partial charge on any atom is 0.145 e. The minimum atomic E-state index is 0.854. The van der Waals surface area contributed by atoms with Crippen molar-refractivity contribution in [3.8, 4) is 0 Å². The van der Waals surface area contributed by atoms with E-state index in [2.05, 4.69) is 43.5 Å². The van der Waals surface area contributed by atoms with Crippen molar-refractivity contribution in [3.05, 3.63) is 10.8 Å². The van der Waals surface area contributed by atoms with E-state index in [1.54, 1.807) is 6.33 Å². The van der Waals surface area contributed by atoms with Crippen LogP contribution in [0.25, 0.3) is 0 Å². The van der Waals surface area contributed by atoms with E-state index in [-0.39, 0.29) is 0 Å². The number of nitrogens with one attached hydrogen (secondary N) is 2. The van der Waals surface area contributed by atoms with E-state index in [9.17, 15) is 0 Å². The summed E-state index contributed by atoms with van der Waals surface area (Å²) in [7, 11) is 0. The highest BCUT2D eigenvalue weighted by Crippen LogP contribution is 2.33. The summed E-state index contributed by atoms with van der Waals surface area (Å²) in [6.45, 7) is 3.89. The molecule has 2 rings (SSSR count). The first-order chi connectivity index (χ1) is 8.31. The van der Waals surface area contributed by atoms with E-state index in [4.69, 9.17) is 0 Å². The van der Waals surface area contributed by atoms with Gasteiger partial charge in [0.25, 0.3) is 0 Å². The minimum absolute atomic E-state index is 0.854. The van der Waals surface area contributed by atoms with Gasteiger partial charge in [-0.15, -0.1) is 0 Å². The monoisotopic (exact) mass is 298 g/mol. The Balaban J connectivity index is 1.83. The second-order valence-corrected chi connectivity index (χ2v) is 5.22. The SMILES string of the molecule is CCNc1ncnc(NCCCC2CC2)c1Br. The Kier molecular flexibility index (Phi) is 4.59. The molecular formula is C12H19BrN4. The van der Waals surface area contributed by atoms with Crippen LogP contribution in [0.2, 0.25) is 0 Å². The maximum atomic E-state index is 4.24. The van der Waals surface area contributed by atoms with Crippen LogP contribution >= 0.6 is 15.9 Å². The lowest BCUT2D eigenvalue weighted by Gasteiger charge is -2.10. The van der Waals surface area contributed by atoms with Crippen molar-refractivity contribution in [1.82, 2.24) is 9.97 Å². The highest BCUT2D eigenvalue weighted by Gasteiger charge is 2.20. The normalized spacial score (nSPS) is 14.7. The lowest BCUT2D eigenvalue weighted by molar-refractivity contribution is 0.686. The molecule has 0 aromatic carbocycles. The Morgan fingerprint density at radius 3 is 2.65 bits per heavy atom. The molecule has 1 aromatic heterocycles.